The molecule has 4 nitrogen and oxygen atoms in total. The zero-order chi connectivity index (χ0) is 17.8. The number of thiazole rings is 1. The first-order valence-electron chi connectivity index (χ1n) is 7.96. The fourth-order valence-electron chi connectivity index (χ4n) is 2.55. The van der Waals surface area contributed by atoms with Crippen LogP contribution in [0.5, 0.6) is 0 Å². The highest BCUT2D eigenvalue weighted by Crippen LogP contribution is 2.31. The summed E-state index contributed by atoms with van der Waals surface area (Å²) >= 11 is 1.21. The van der Waals surface area contributed by atoms with Gasteiger partial charge >= 0.3 is 0 Å². The number of carbonyl (C=O) groups excluding carboxylic acids is 2. The second-order valence-corrected chi connectivity index (χ2v) is 6.77. The molecule has 0 fully saturated rings. The molecule has 1 aromatic heterocycles. The van der Waals surface area contributed by atoms with E-state index in [1.54, 1.807) is 0 Å². The lowest BCUT2D eigenvalue weighted by molar-refractivity contribution is -0.115. The lowest BCUT2D eigenvalue weighted by Gasteiger charge is -2.05. The van der Waals surface area contributed by atoms with Gasteiger partial charge in [-0.05, 0) is 18.1 Å². The standard InChI is InChI=1S/C20H18N2O2S/c1-13-8-6-7-11-16(13)12-17(24)21-20-22-18(19(25-20)14(2)23)15-9-4-3-5-10-15/h3-11H,12H2,1-2H3,(H,21,22,24). The largest absolute Gasteiger partial charge is 0.302 e. The van der Waals surface area contributed by atoms with E-state index in [0.717, 1.165) is 16.7 Å². The van der Waals surface area contributed by atoms with Gasteiger partial charge in [-0.25, -0.2) is 4.98 Å². The third-order valence-corrected chi connectivity index (χ3v) is 4.92. The summed E-state index contributed by atoms with van der Waals surface area (Å²) in [6.45, 7) is 3.49. The van der Waals surface area contributed by atoms with E-state index in [2.05, 4.69) is 10.3 Å². The summed E-state index contributed by atoms with van der Waals surface area (Å²) in [5.41, 5.74) is 3.53. The second-order valence-electron chi connectivity index (χ2n) is 5.77. The number of amides is 1. The Balaban J connectivity index is 1.82. The molecular formula is C20H18N2O2S. The molecule has 25 heavy (non-hydrogen) atoms. The quantitative estimate of drug-likeness (QED) is 0.689. The number of nitrogens with zero attached hydrogens (tertiary/aromatic N) is 1. The van der Waals surface area contributed by atoms with Crippen LogP contribution in [0.1, 0.15) is 27.7 Å². The van der Waals surface area contributed by atoms with Crippen LogP contribution in [0.4, 0.5) is 5.13 Å². The Morgan fingerprint density at radius 3 is 2.40 bits per heavy atom. The molecule has 1 N–H and O–H groups in total. The minimum atomic E-state index is -0.141. The molecule has 0 atom stereocenters. The highest BCUT2D eigenvalue weighted by molar-refractivity contribution is 7.18. The van der Waals surface area contributed by atoms with E-state index in [1.165, 1.54) is 18.3 Å². The maximum absolute atomic E-state index is 12.3. The number of nitrogens with one attached hydrogen (secondary N) is 1. The SMILES string of the molecule is CC(=O)c1sc(NC(=O)Cc2ccccc2C)nc1-c1ccccc1. The molecule has 0 unspecified atom stereocenters. The van der Waals surface area contributed by atoms with Crippen molar-refractivity contribution in [3.63, 3.8) is 0 Å². The fourth-order valence-corrected chi connectivity index (χ4v) is 3.45. The van der Waals surface area contributed by atoms with Gasteiger partial charge in [-0.15, -0.1) is 0 Å². The fraction of sp³-hybridized carbons (Fsp3) is 0.150. The van der Waals surface area contributed by atoms with Gasteiger partial charge in [-0.2, -0.15) is 0 Å². The predicted molar refractivity (Wildman–Crippen MR) is 101 cm³/mol. The van der Waals surface area contributed by atoms with Crippen LogP contribution in [0.3, 0.4) is 0 Å². The molecule has 0 spiro atoms. The normalized spacial score (nSPS) is 10.5. The first-order valence-corrected chi connectivity index (χ1v) is 8.78. The van der Waals surface area contributed by atoms with Crippen molar-refractivity contribution >= 4 is 28.2 Å². The lowest BCUT2D eigenvalue weighted by atomic mass is 10.1. The Bertz CT molecular complexity index is 916. The Morgan fingerprint density at radius 1 is 1.04 bits per heavy atom. The van der Waals surface area contributed by atoms with Gasteiger partial charge in [0.1, 0.15) is 0 Å². The Kier molecular flexibility index (Phi) is 5.05. The van der Waals surface area contributed by atoms with Crippen molar-refractivity contribution in [1.29, 1.82) is 0 Å². The summed E-state index contributed by atoms with van der Waals surface area (Å²) in [5, 5.41) is 3.27. The number of rotatable bonds is 5. The van der Waals surface area contributed by atoms with Crippen LogP contribution in [0, 0.1) is 6.92 Å². The van der Waals surface area contributed by atoms with Crippen molar-refractivity contribution in [3.8, 4) is 11.3 Å². The van der Waals surface area contributed by atoms with Gasteiger partial charge in [-0.1, -0.05) is 65.9 Å². The highest BCUT2D eigenvalue weighted by atomic mass is 32.1. The van der Waals surface area contributed by atoms with E-state index in [9.17, 15) is 9.59 Å². The number of aryl methyl sites for hydroxylation is 1. The van der Waals surface area contributed by atoms with Gasteiger partial charge in [0.15, 0.2) is 10.9 Å². The molecule has 1 amide bonds. The molecule has 0 radical (unpaired) electrons. The first kappa shape index (κ1) is 17.0. The number of carbonyl (C=O) groups is 2. The average Bonchev–Trinajstić information content (AvgIpc) is 3.02. The van der Waals surface area contributed by atoms with Crippen molar-refractivity contribution in [2.24, 2.45) is 0 Å². The zero-order valence-corrected chi connectivity index (χ0v) is 14.9. The first-order chi connectivity index (χ1) is 12.0. The third kappa shape index (κ3) is 4.00. The summed E-state index contributed by atoms with van der Waals surface area (Å²) in [5.74, 6) is -0.200. The monoisotopic (exact) mass is 350 g/mol. The third-order valence-electron chi connectivity index (χ3n) is 3.85. The Labute approximate surface area is 150 Å². The summed E-state index contributed by atoms with van der Waals surface area (Å²) in [4.78, 5) is 29.3. The average molecular weight is 350 g/mol. The maximum Gasteiger partial charge on any atom is 0.230 e. The number of hydrogen-bond acceptors (Lipinski definition) is 4. The van der Waals surface area contributed by atoms with Crippen molar-refractivity contribution in [2.75, 3.05) is 5.32 Å². The van der Waals surface area contributed by atoms with Crippen molar-refractivity contribution in [3.05, 3.63) is 70.6 Å². The molecule has 5 heteroatoms. The molecule has 3 rings (SSSR count). The molecule has 2 aromatic carbocycles. The molecule has 3 aromatic rings. The molecule has 1 heterocycles. The Hall–Kier alpha value is -2.79. The van der Waals surface area contributed by atoms with Crippen LogP contribution in [-0.4, -0.2) is 16.7 Å². The van der Waals surface area contributed by atoms with Crippen LogP contribution in [0.2, 0.25) is 0 Å². The molecule has 0 aliphatic carbocycles. The summed E-state index contributed by atoms with van der Waals surface area (Å²) in [7, 11) is 0. The van der Waals surface area contributed by atoms with E-state index in [1.807, 2.05) is 61.5 Å². The lowest BCUT2D eigenvalue weighted by Crippen LogP contribution is -2.14. The molecule has 0 saturated heterocycles. The van der Waals surface area contributed by atoms with E-state index in [-0.39, 0.29) is 18.1 Å². The number of aromatic nitrogens is 1. The molecule has 0 aliphatic heterocycles. The van der Waals surface area contributed by atoms with Crippen LogP contribution in [0.25, 0.3) is 11.3 Å². The minimum absolute atomic E-state index is 0.0595. The molecule has 0 aliphatic rings. The smallest absolute Gasteiger partial charge is 0.230 e. The minimum Gasteiger partial charge on any atom is -0.302 e. The number of anilines is 1. The summed E-state index contributed by atoms with van der Waals surface area (Å²) in [6.07, 6.45) is 0.280. The van der Waals surface area contributed by atoms with Crippen LogP contribution in [-0.2, 0) is 11.2 Å². The number of hydrogen-bond donors (Lipinski definition) is 1. The molecular weight excluding hydrogens is 332 g/mol. The topological polar surface area (TPSA) is 59.1 Å². The van der Waals surface area contributed by atoms with Gasteiger partial charge in [0.25, 0.3) is 0 Å². The van der Waals surface area contributed by atoms with Crippen molar-refractivity contribution in [2.45, 2.75) is 20.3 Å². The van der Waals surface area contributed by atoms with Crippen LogP contribution < -0.4 is 5.32 Å². The molecule has 0 bridgehead atoms. The summed E-state index contributed by atoms with van der Waals surface area (Å²) in [6, 6.07) is 17.3. The second kappa shape index (κ2) is 7.40. The molecule has 0 saturated carbocycles. The molecule has 126 valence electrons. The number of benzene rings is 2. The number of ketones is 1. The van der Waals surface area contributed by atoms with E-state index >= 15 is 0 Å². The van der Waals surface area contributed by atoms with E-state index in [0.29, 0.717) is 15.7 Å². The van der Waals surface area contributed by atoms with Crippen molar-refractivity contribution < 1.29 is 9.59 Å². The van der Waals surface area contributed by atoms with Gasteiger partial charge in [0, 0.05) is 12.5 Å². The van der Waals surface area contributed by atoms with Crippen LogP contribution >= 0.6 is 11.3 Å². The van der Waals surface area contributed by atoms with Crippen molar-refractivity contribution in [1.82, 2.24) is 4.98 Å². The van der Waals surface area contributed by atoms with E-state index < -0.39 is 0 Å². The Morgan fingerprint density at radius 2 is 1.72 bits per heavy atom. The van der Waals surface area contributed by atoms with Gasteiger partial charge in [-0.3, -0.25) is 9.59 Å². The number of Topliss-reactive ketones (excluding diaryl/α,β-unsaturated/α-hetero) is 1. The van der Waals surface area contributed by atoms with Crippen LogP contribution in [0.15, 0.2) is 54.6 Å². The van der Waals surface area contributed by atoms with Gasteiger partial charge in [0.2, 0.25) is 5.91 Å². The van der Waals surface area contributed by atoms with Gasteiger partial charge in [0.05, 0.1) is 17.0 Å². The summed E-state index contributed by atoms with van der Waals surface area (Å²) < 4.78 is 0. The predicted octanol–water partition coefficient (Wildman–Crippen LogP) is 4.50. The maximum atomic E-state index is 12.3. The van der Waals surface area contributed by atoms with Gasteiger partial charge < -0.3 is 5.32 Å². The highest BCUT2D eigenvalue weighted by Gasteiger charge is 2.18. The zero-order valence-electron chi connectivity index (χ0n) is 14.1. The van der Waals surface area contributed by atoms with E-state index in [4.69, 9.17) is 0 Å².